The highest BCUT2D eigenvalue weighted by molar-refractivity contribution is 5.76. The van der Waals surface area contributed by atoms with Gasteiger partial charge in [0.25, 0.3) is 0 Å². The van der Waals surface area contributed by atoms with E-state index in [4.69, 9.17) is 5.73 Å². The molecule has 3 rings (SSSR count). The molecule has 0 radical (unpaired) electrons. The van der Waals surface area contributed by atoms with Gasteiger partial charge in [-0.3, -0.25) is 0 Å². The normalized spacial score (nSPS) is 23.6. The molecule has 0 aliphatic heterocycles. The molecule has 3 nitrogen and oxygen atoms in total. The molecule has 0 spiro atoms. The number of rotatable bonds is 2. The molecule has 2 aromatic rings. The third-order valence-corrected chi connectivity index (χ3v) is 4.39. The number of aromatic amines is 1. The summed E-state index contributed by atoms with van der Waals surface area (Å²) in [5.41, 5.74) is 6.20. The van der Waals surface area contributed by atoms with Crippen molar-refractivity contribution < 1.29 is 13.2 Å². The first kappa shape index (κ1) is 14.4. The van der Waals surface area contributed by atoms with E-state index in [0.29, 0.717) is 23.5 Å². The minimum Gasteiger partial charge on any atom is -0.342 e. The SMILES string of the molecule is NCC1CCCCC1c1nc2ccc(C(F)(F)F)cc2[nH]1. The number of nitrogens with two attached hydrogens (primary N) is 1. The number of benzene rings is 1. The van der Waals surface area contributed by atoms with Crippen LogP contribution in [0, 0.1) is 5.92 Å². The minimum absolute atomic E-state index is 0.227. The first-order chi connectivity index (χ1) is 9.99. The third-order valence-electron chi connectivity index (χ3n) is 4.39. The number of H-pyrrole nitrogens is 1. The molecule has 1 aromatic carbocycles. The van der Waals surface area contributed by atoms with Crippen molar-refractivity contribution in [2.45, 2.75) is 37.8 Å². The van der Waals surface area contributed by atoms with Crippen molar-refractivity contribution in [3.63, 3.8) is 0 Å². The summed E-state index contributed by atoms with van der Waals surface area (Å²) < 4.78 is 38.2. The van der Waals surface area contributed by atoms with Gasteiger partial charge in [-0.05, 0) is 43.5 Å². The predicted octanol–water partition coefficient (Wildman–Crippen LogP) is 3.81. The van der Waals surface area contributed by atoms with Crippen molar-refractivity contribution in [2.24, 2.45) is 11.7 Å². The number of hydrogen-bond acceptors (Lipinski definition) is 2. The number of alkyl halides is 3. The van der Waals surface area contributed by atoms with Gasteiger partial charge in [-0.15, -0.1) is 0 Å². The summed E-state index contributed by atoms with van der Waals surface area (Å²) in [5.74, 6) is 1.37. The van der Waals surface area contributed by atoms with Crippen LogP contribution in [0.1, 0.15) is 43.0 Å². The van der Waals surface area contributed by atoms with E-state index in [-0.39, 0.29) is 5.92 Å². The predicted molar refractivity (Wildman–Crippen MR) is 74.8 cm³/mol. The van der Waals surface area contributed by atoms with Crippen molar-refractivity contribution in [2.75, 3.05) is 6.54 Å². The Morgan fingerprint density at radius 1 is 1.24 bits per heavy atom. The average molecular weight is 297 g/mol. The van der Waals surface area contributed by atoms with Gasteiger partial charge in [0, 0.05) is 5.92 Å². The quantitative estimate of drug-likeness (QED) is 0.885. The largest absolute Gasteiger partial charge is 0.416 e. The number of nitrogens with one attached hydrogen (secondary N) is 1. The highest BCUT2D eigenvalue weighted by Crippen LogP contribution is 2.37. The van der Waals surface area contributed by atoms with Gasteiger partial charge in [0.2, 0.25) is 0 Å². The Morgan fingerprint density at radius 2 is 2.00 bits per heavy atom. The van der Waals surface area contributed by atoms with E-state index < -0.39 is 11.7 Å². The first-order valence-corrected chi connectivity index (χ1v) is 7.26. The van der Waals surface area contributed by atoms with E-state index in [2.05, 4.69) is 9.97 Å². The Kier molecular flexibility index (Phi) is 3.65. The Labute approximate surface area is 120 Å². The molecule has 114 valence electrons. The van der Waals surface area contributed by atoms with Crippen molar-refractivity contribution in [1.82, 2.24) is 9.97 Å². The van der Waals surface area contributed by atoms with Crippen molar-refractivity contribution in [1.29, 1.82) is 0 Å². The van der Waals surface area contributed by atoms with Crippen LogP contribution in [0.15, 0.2) is 18.2 Å². The fraction of sp³-hybridized carbons (Fsp3) is 0.533. The lowest BCUT2D eigenvalue weighted by molar-refractivity contribution is -0.137. The van der Waals surface area contributed by atoms with Gasteiger partial charge in [0.1, 0.15) is 5.82 Å². The minimum atomic E-state index is -4.33. The van der Waals surface area contributed by atoms with Crippen molar-refractivity contribution >= 4 is 11.0 Å². The van der Waals surface area contributed by atoms with E-state index in [9.17, 15) is 13.2 Å². The fourth-order valence-corrected chi connectivity index (χ4v) is 3.23. The monoisotopic (exact) mass is 297 g/mol. The molecule has 3 N–H and O–H groups in total. The van der Waals surface area contributed by atoms with E-state index >= 15 is 0 Å². The van der Waals surface area contributed by atoms with Crippen LogP contribution in [0.2, 0.25) is 0 Å². The lowest BCUT2D eigenvalue weighted by Crippen LogP contribution is -2.25. The van der Waals surface area contributed by atoms with Gasteiger partial charge < -0.3 is 10.7 Å². The molecule has 6 heteroatoms. The molecule has 1 aliphatic rings. The summed E-state index contributed by atoms with van der Waals surface area (Å²) in [6.07, 6.45) is 0.00670. The molecule has 0 saturated heterocycles. The molecule has 0 amide bonds. The van der Waals surface area contributed by atoms with Crippen molar-refractivity contribution in [3.05, 3.63) is 29.6 Å². The molecular formula is C15H18F3N3. The van der Waals surface area contributed by atoms with Crippen LogP contribution in [0.3, 0.4) is 0 Å². The van der Waals surface area contributed by atoms with Crippen LogP contribution in [0.4, 0.5) is 13.2 Å². The third kappa shape index (κ3) is 2.77. The zero-order chi connectivity index (χ0) is 15.0. The second kappa shape index (κ2) is 5.33. The fourth-order valence-electron chi connectivity index (χ4n) is 3.23. The van der Waals surface area contributed by atoms with Gasteiger partial charge in [0.15, 0.2) is 0 Å². The summed E-state index contributed by atoms with van der Waals surface area (Å²) in [6.45, 7) is 0.593. The van der Waals surface area contributed by atoms with E-state index in [1.807, 2.05) is 0 Å². The molecule has 2 atom stereocenters. The summed E-state index contributed by atoms with van der Waals surface area (Å²) in [7, 11) is 0. The molecule has 1 saturated carbocycles. The summed E-state index contributed by atoms with van der Waals surface area (Å²) in [4.78, 5) is 7.55. The number of halogens is 3. The van der Waals surface area contributed by atoms with Gasteiger partial charge in [-0.2, -0.15) is 13.2 Å². The van der Waals surface area contributed by atoms with Crippen LogP contribution in [-0.2, 0) is 6.18 Å². The highest BCUT2D eigenvalue weighted by atomic mass is 19.4. The number of nitrogens with zero attached hydrogens (tertiary/aromatic N) is 1. The Hall–Kier alpha value is -1.56. The first-order valence-electron chi connectivity index (χ1n) is 7.26. The molecule has 1 heterocycles. The second-order valence-electron chi connectivity index (χ2n) is 5.74. The number of imidazole rings is 1. The standard InChI is InChI=1S/C15H18F3N3/c16-15(17,18)10-5-6-12-13(7-10)21-14(20-12)11-4-2-1-3-9(11)8-19/h5-7,9,11H,1-4,8,19H2,(H,20,21). The molecular weight excluding hydrogens is 279 g/mol. The van der Waals surface area contributed by atoms with Gasteiger partial charge >= 0.3 is 6.18 Å². The molecule has 21 heavy (non-hydrogen) atoms. The lowest BCUT2D eigenvalue weighted by atomic mass is 9.79. The topological polar surface area (TPSA) is 54.7 Å². The molecule has 1 aromatic heterocycles. The summed E-state index contributed by atoms with van der Waals surface area (Å²) in [5, 5.41) is 0. The van der Waals surface area contributed by atoms with Gasteiger partial charge in [0.05, 0.1) is 16.6 Å². The van der Waals surface area contributed by atoms with E-state index in [1.54, 1.807) is 0 Å². The molecule has 1 aliphatic carbocycles. The number of hydrogen-bond donors (Lipinski definition) is 2. The smallest absolute Gasteiger partial charge is 0.342 e. The van der Waals surface area contributed by atoms with Crippen molar-refractivity contribution in [3.8, 4) is 0 Å². The van der Waals surface area contributed by atoms with Crippen LogP contribution in [0.25, 0.3) is 11.0 Å². The zero-order valence-electron chi connectivity index (χ0n) is 11.6. The van der Waals surface area contributed by atoms with Crippen LogP contribution in [0.5, 0.6) is 0 Å². The van der Waals surface area contributed by atoms with Gasteiger partial charge in [-0.1, -0.05) is 12.8 Å². The number of aromatic nitrogens is 2. The van der Waals surface area contributed by atoms with E-state index in [0.717, 1.165) is 43.6 Å². The van der Waals surface area contributed by atoms with Crippen LogP contribution in [-0.4, -0.2) is 16.5 Å². The van der Waals surface area contributed by atoms with Crippen LogP contribution >= 0.6 is 0 Å². The molecule has 2 unspecified atom stereocenters. The molecule has 0 bridgehead atoms. The Balaban J connectivity index is 1.97. The molecule has 1 fully saturated rings. The zero-order valence-corrected chi connectivity index (χ0v) is 11.6. The summed E-state index contributed by atoms with van der Waals surface area (Å²) in [6, 6.07) is 3.64. The second-order valence-corrected chi connectivity index (χ2v) is 5.74. The highest BCUT2D eigenvalue weighted by Gasteiger charge is 2.31. The van der Waals surface area contributed by atoms with Gasteiger partial charge in [-0.25, -0.2) is 4.98 Å². The Bertz CT molecular complexity index is 633. The van der Waals surface area contributed by atoms with Crippen LogP contribution < -0.4 is 5.73 Å². The lowest BCUT2D eigenvalue weighted by Gasteiger charge is -2.28. The van der Waals surface area contributed by atoms with E-state index in [1.165, 1.54) is 6.07 Å². The maximum Gasteiger partial charge on any atom is 0.416 e. The average Bonchev–Trinajstić information content (AvgIpc) is 2.89. The Morgan fingerprint density at radius 3 is 2.71 bits per heavy atom. The summed E-state index contributed by atoms with van der Waals surface area (Å²) >= 11 is 0. The maximum atomic E-state index is 12.7. The number of fused-ring (bicyclic) bond motifs is 1. The maximum absolute atomic E-state index is 12.7.